The van der Waals surface area contributed by atoms with Gasteiger partial charge in [0.15, 0.2) is 0 Å². The number of nitrogens with zero attached hydrogens (tertiary/aromatic N) is 1. The van der Waals surface area contributed by atoms with Crippen molar-refractivity contribution in [3.63, 3.8) is 0 Å². The van der Waals surface area contributed by atoms with Gasteiger partial charge in [-0.25, -0.2) is 9.59 Å². The van der Waals surface area contributed by atoms with Gasteiger partial charge in [-0.2, -0.15) is 13.2 Å². The number of ether oxygens (including phenoxy) is 2. The zero-order valence-electron chi connectivity index (χ0n) is 16.3. The normalized spacial score (nSPS) is 11.2. The van der Waals surface area contributed by atoms with Crippen LogP contribution in [-0.2, 0) is 18.0 Å². The molecule has 1 aromatic heterocycles. The van der Waals surface area contributed by atoms with Crippen molar-refractivity contribution in [1.82, 2.24) is 4.57 Å². The number of halogens is 4. The van der Waals surface area contributed by atoms with Gasteiger partial charge in [0.2, 0.25) is 0 Å². The molecule has 0 radical (unpaired) electrons. The molecule has 31 heavy (non-hydrogen) atoms. The third kappa shape index (κ3) is 5.00. The molecular formula is C21H16ClF3N2O4. The van der Waals surface area contributed by atoms with Crippen molar-refractivity contribution < 1.29 is 32.2 Å². The number of alkyl halides is 3. The topological polar surface area (TPSA) is 69.6 Å². The average Bonchev–Trinajstić information content (AvgIpc) is 3.14. The van der Waals surface area contributed by atoms with Crippen LogP contribution in [0.25, 0.3) is 11.3 Å². The molecule has 0 unspecified atom stereocenters. The summed E-state index contributed by atoms with van der Waals surface area (Å²) in [5.74, 6) is -0.816. The molecule has 3 aromatic rings. The fourth-order valence-corrected chi connectivity index (χ4v) is 3.04. The van der Waals surface area contributed by atoms with E-state index < -0.39 is 29.5 Å². The Balaban J connectivity index is 2.06. The van der Waals surface area contributed by atoms with E-state index in [0.29, 0.717) is 11.1 Å². The molecule has 162 valence electrons. The molecule has 0 aliphatic carbocycles. The summed E-state index contributed by atoms with van der Waals surface area (Å²) in [6.45, 7) is 0. The Morgan fingerprint density at radius 2 is 1.77 bits per heavy atom. The third-order valence-electron chi connectivity index (χ3n) is 4.35. The van der Waals surface area contributed by atoms with Gasteiger partial charge in [-0.3, -0.25) is 5.32 Å². The summed E-state index contributed by atoms with van der Waals surface area (Å²) in [6.07, 6.45) is -4.28. The standard InChI is InChI=1S/C21H16ClF3N2O4/c1-27-9-3-4-18(27)14-10-15(19(28)30-2)17(11-16(14)21(23,24)25)26-20(29)31-13-7-5-12(22)6-8-13/h3-11H,1-2H3,(H,26,29). The number of aryl methyl sites for hydroxylation is 1. The van der Waals surface area contributed by atoms with Crippen LogP contribution in [0, 0.1) is 0 Å². The summed E-state index contributed by atoms with van der Waals surface area (Å²) in [6, 6.07) is 10.5. The van der Waals surface area contributed by atoms with Crippen molar-refractivity contribution in [3.05, 3.63) is 70.9 Å². The lowest BCUT2D eigenvalue weighted by Crippen LogP contribution is -2.20. The van der Waals surface area contributed by atoms with Crippen LogP contribution in [0.15, 0.2) is 54.7 Å². The molecule has 6 nitrogen and oxygen atoms in total. The summed E-state index contributed by atoms with van der Waals surface area (Å²) in [7, 11) is 2.65. The third-order valence-corrected chi connectivity index (χ3v) is 4.60. The highest BCUT2D eigenvalue weighted by molar-refractivity contribution is 6.30. The zero-order valence-corrected chi connectivity index (χ0v) is 17.0. The Morgan fingerprint density at radius 1 is 1.10 bits per heavy atom. The molecule has 0 atom stereocenters. The number of nitrogens with one attached hydrogen (secondary N) is 1. The second-order valence-electron chi connectivity index (χ2n) is 6.41. The largest absolute Gasteiger partial charge is 0.465 e. The Hall–Kier alpha value is -3.46. The van der Waals surface area contributed by atoms with Gasteiger partial charge < -0.3 is 14.0 Å². The Labute approximate surface area is 180 Å². The summed E-state index contributed by atoms with van der Waals surface area (Å²) < 4.78 is 52.6. The summed E-state index contributed by atoms with van der Waals surface area (Å²) in [5, 5.41) is 2.60. The Morgan fingerprint density at radius 3 is 2.32 bits per heavy atom. The van der Waals surface area contributed by atoms with E-state index in [9.17, 15) is 22.8 Å². The van der Waals surface area contributed by atoms with Crippen LogP contribution in [0.1, 0.15) is 15.9 Å². The number of hydrogen-bond acceptors (Lipinski definition) is 4. The molecule has 1 heterocycles. The molecule has 0 saturated carbocycles. The fraction of sp³-hybridized carbons (Fsp3) is 0.143. The minimum absolute atomic E-state index is 0.109. The second kappa shape index (κ2) is 8.73. The molecule has 0 aliphatic heterocycles. The van der Waals surface area contributed by atoms with Gasteiger partial charge in [-0.15, -0.1) is 0 Å². The number of aromatic nitrogens is 1. The van der Waals surface area contributed by atoms with E-state index in [1.807, 2.05) is 0 Å². The van der Waals surface area contributed by atoms with E-state index in [0.717, 1.165) is 13.2 Å². The maximum absolute atomic E-state index is 13.8. The van der Waals surface area contributed by atoms with Gasteiger partial charge in [0, 0.05) is 29.5 Å². The summed E-state index contributed by atoms with van der Waals surface area (Å²) >= 11 is 5.76. The van der Waals surface area contributed by atoms with E-state index >= 15 is 0 Å². The monoisotopic (exact) mass is 452 g/mol. The van der Waals surface area contributed by atoms with Crippen molar-refractivity contribution in [2.75, 3.05) is 12.4 Å². The molecule has 2 aromatic carbocycles. The van der Waals surface area contributed by atoms with Gasteiger partial charge in [0.1, 0.15) is 5.75 Å². The summed E-state index contributed by atoms with van der Waals surface area (Å²) in [4.78, 5) is 24.5. The van der Waals surface area contributed by atoms with Crippen molar-refractivity contribution in [1.29, 1.82) is 0 Å². The molecule has 0 aliphatic rings. The fourth-order valence-electron chi connectivity index (χ4n) is 2.91. The van der Waals surface area contributed by atoms with E-state index in [2.05, 4.69) is 10.1 Å². The van der Waals surface area contributed by atoms with Crippen LogP contribution in [0.3, 0.4) is 0 Å². The van der Waals surface area contributed by atoms with E-state index in [1.165, 1.54) is 34.9 Å². The van der Waals surface area contributed by atoms with Crippen LogP contribution in [-0.4, -0.2) is 23.7 Å². The average molecular weight is 453 g/mol. The van der Waals surface area contributed by atoms with Crippen LogP contribution in [0.4, 0.5) is 23.7 Å². The molecule has 0 saturated heterocycles. The van der Waals surface area contributed by atoms with Crippen LogP contribution >= 0.6 is 11.6 Å². The van der Waals surface area contributed by atoms with Crippen molar-refractivity contribution in [2.45, 2.75) is 6.18 Å². The number of benzene rings is 2. The molecule has 10 heteroatoms. The highest BCUT2D eigenvalue weighted by Gasteiger charge is 2.36. The highest BCUT2D eigenvalue weighted by Crippen LogP contribution is 2.40. The number of rotatable bonds is 4. The van der Waals surface area contributed by atoms with E-state index in [-0.39, 0.29) is 22.6 Å². The smallest absolute Gasteiger partial charge is 0.417 e. The predicted octanol–water partition coefficient (Wildman–Crippen LogP) is 5.76. The zero-order chi connectivity index (χ0) is 22.8. The Bertz CT molecular complexity index is 1120. The molecular weight excluding hydrogens is 437 g/mol. The molecule has 1 amide bonds. The molecule has 1 N–H and O–H groups in total. The first kappa shape index (κ1) is 22.2. The number of hydrogen-bond donors (Lipinski definition) is 1. The van der Waals surface area contributed by atoms with Gasteiger partial charge in [-0.1, -0.05) is 11.6 Å². The molecule has 0 fully saturated rings. The first-order valence-corrected chi connectivity index (χ1v) is 9.17. The number of carbonyl (C=O) groups excluding carboxylic acids is 2. The molecule has 0 bridgehead atoms. The Kier molecular flexibility index (Phi) is 6.26. The maximum Gasteiger partial charge on any atom is 0.417 e. The minimum Gasteiger partial charge on any atom is -0.465 e. The molecule has 0 spiro atoms. The van der Waals surface area contributed by atoms with Crippen molar-refractivity contribution >= 4 is 29.4 Å². The summed E-state index contributed by atoms with van der Waals surface area (Å²) in [5.41, 5.74) is -1.72. The lowest BCUT2D eigenvalue weighted by atomic mass is 9.98. The van der Waals surface area contributed by atoms with Crippen molar-refractivity contribution in [2.24, 2.45) is 7.05 Å². The number of esters is 1. The van der Waals surface area contributed by atoms with Gasteiger partial charge in [-0.05, 0) is 48.5 Å². The van der Waals surface area contributed by atoms with Gasteiger partial charge in [0.05, 0.1) is 23.9 Å². The van der Waals surface area contributed by atoms with Gasteiger partial charge >= 0.3 is 18.2 Å². The lowest BCUT2D eigenvalue weighted by Gasteiger charge is -2.18. The quantitative estimate of drug-likeness (QED) is 0.511. The first-order valence-electron chi connectivity index (χ1n) is 8.80. The predicted molar refractivity (Wildman–Crippen MR) is 108 cm³/mol. The lowest BCUT2D eigenvalue weighted by molar-refractivity contribution is -0.137. The number of carbonyl (C=O) groups is 2. The van der Waals surface area contributed by atoms with Crippen LogP contribution < -0.4 is 10.1 Å². The highest BCUT2D eigenvalue weighted by atomic mass is 35.5. The van der Waals surface area contributed by atoms with E-state index in [4.69, 9.17) is 16.3 Å². The van der Waals surface area contributed by atoms with Crippen molar-refractivity contribution in [3.8, 4) is 17.0 Å². The van der Waals surface area contributed by atoms with Crippen LogP contribution in [0.5, 0.6) is 5.75 Å². The maximum atomic E-state index is 13.8. The number of anilines is 1. The SMILES string of the molecule is COC(=O)c1cc(-c2cccn2C)c(C(F)(F)F)cc1NC(=O)Oc1ccc(Cl)cc1. The second-order valence-corrected chi connectivity index (χ2v) is 6.84. The van der Waals surface area contributed by atoms with Crippen LogP contribution in [0.2, 0.25) is 5.02 Å². The molecule has 3 rings (SSSR count). The van der Waals surface area contributed by atoms with Gasteiger partial charge in [0.25, 0.3) is 0 Å². The van der Waals surface area contributed by atoms with E-state index in [1.54, 1.807) is 19.3 Å². The minimum atomic E-state index is -4.76. The number of amides is 1. The number of methoxy groups -OCH3 is 1. The first-order chi connectivity index (χ1) is 14.6.